The van der Waals surface area contributed by atoms with Gasteiger partial charge in [0.2, 0.25) is 0 Å². The lowest BCUT2D eigenvalue weighted by Crippen LogP contribution is -2.34. The van der Waals surface area contributed by atoms with Crippen molar-refractivity contribution in [3.8, 4) is 0 Å². The number of nitrogens with zero attached hydrogens (tertiary/aromatic N) is 1. The van der Waals surface area contributed by atoms with Crippen molar-refractivity contribution in [3.63, 3.8) is 0 Å². The zero-order valence-corrected chi connectivity index (χ0v) is 11.5. The van der Waals surface area contributed by atoms with E-state index in [1.165, 1.54) is 0 Å². The summed E-state index contributed by atoms with van der Waals surface area (Å²) in [4.78, 5) is 8.52. The van der Waals surface area contributed by atoms with Crippen LogP contribution in [0.25, 0.3) is 0 Å². The smallest absolute Gasteiger partial charge is 0.130 e. The van der Waals surface area contributed by atoms with Crippen molar-refractivity contribution >= 4 is 12.4 Å². The highest BCUT2D eigenvalue weighted by atomic mass is 16.6. The highest BCUT2D eigenvalue weighted by molar-refractivity contribution is 6.06. The van der Waals surface area contributed by atoms with E-state index >= 15 is 0 Å². The lowest BCUT2D eigenvalue weighted by Gasteiger charge is -2.24. The summed E-state index contributed by atoms with van der Waals surface area (Å²) in [6.07, 6.45) is 3.41. The first-order valence-electron chi connectivity index (χ1n) is 6.24. The van der Waals surface area contributed by atoms with Gasteiger partial charge in [-0.15, -0.1) is 0 Å². The lowest BCUT2D eigenvalue weighted by atomic mass is 10.1. The van der Waals surface area contributed by atoms with Gasteiger partial charge in [0, 0.05) is 30.9 Å². The van der Waals surface area contributed by atoms with Gasteiger partial charge in [-0.3, -0.25) is 0 Å². The van der Waals surface area contributed by atoms with Gasteiger partial charge in [0.15, 0.2) is 0 Å². The lowest BCUT2D eigenvalue weighted by molar-refractivity contribution is 0.0803. The molecule has 4 N–H and O–H groups in total. The van der Waals surface area contributed by atoms with E-state index in [1.54, 1.807) is 13.0 Å². The molecule has 0 aromatic heterocycles. The van der Waals surface area contributed by atoms with Crippen LogP contribution in [0.1, 0.15) is 26.7 Å². The predicted molar refractivity (Wildman–Crippen MR) is 76.0 cm³/mol. The molecule has 0 atom stereocenters. The third kappa shape index (κ3) is 4.84. The van der Waals surface area contributed by atoms with Crippen LogP contribution >= 0.6 is 0 Å². The van der Waals surface area contributed by atoms with Crippen molar-refractivity contribution in [1.82, 2.24) is 5.32 Å². The summed E-state index contributed by atoms with van der Waals surface area (Å²) in [5.41, 5.74) is 1.00. The number of nitrogens with one attached hydrogen (secondary N) is 2. The van der Waals surface area contributed by atoms with E-state index in [1.807, 2.05) is 6.92 Å². The van der Waals surface area contributed by atoms with Crippen molar-refractivity contribution in [2.45, 2.75) is 32.7 Å². The van der Waals surface area contributed by atoms with Gasteiger partial charge in [-0.25, -0.2) is 4.99 Å². The number of ether oxygens (including phenoxy) is 1. The van der Waals surface area contributed by atoms with E-state index in [2.05, 4.69) is 21.9 Å². The van der Waals surface area contributed by atoms with Gasteiger partial charge in [0.25, 0.3) is 0 Å². The molecule has 1 fully saturated rings. The molecule has 6 nitrogen and oxygen atoms in total. The van der Waals surface area contributed by atoms with Crippen molar-refractivity contribution in [1.29, 1.82) is 5.41 Å². The molecule has 1 aliphatic heterocycles. The molecule has 1 heterocycles. The maximum absolute atomic E-state index is 7.96. The molecule has 0 aromatic rings. The van der Waals surface area contributed by atoms with Crippen LogP contribution in [0.4, 0.5) is 0 Å². The van der Waals surface area contributed by atoms with Crippen LogP contribution < -0.4 is 11.2 Å². The number of allylic oxidation sites excluding steroid dienone is 3. The van der Waals surface area contributed by atoms with Crippen LogP contribution in [0, 0.1) is 5.41 Å². The van der Waals surface area contributed by atoms with E-state index in [0.29, 0.717) is 28.9 Å². The Morgan fingerprint density at radius 2 is 2.11 bits per heavy atom. The third-order valence-electron chi connectivity index (χ3n) is 3.01. The zero-order valence-electron chi connectivity index (χ0n) is 11.5. The fourth-order valence-corrected chi connectivity index (χ4v) is 1.78. The van der Waals surface area contributed by atoms with Crippen LogP contribution in [0.2, 0.25) is 0 Å². The number of hydrogen-bond donors (Lipinski definition) is 3. The van der Waals surface area contributed by atoms with Crippen LogP contribution in [0.5, 0.6) is 0 Å². The zero-order chi connectivity index (χ0) is 14.3. The molecule has 0 radical (unpaired) electrons. The number of aliphatic imine (C=N–C) groups is 1. The Kier molecular flexibility index (Phi) is 6.24. The summed E-state index contributed by atoms with van der Waals surface area (Å²) in [6, 6.07) is 0.313. The highest BCUT2D eigenvalue weighted by Gasteiger charge is 2.15. The predicted octanol–water partition coefficient (Wildman–Crippen LogP) is 1.50. The summed E-state index contributed by atoms with van der Waals surface area (Å²) in [6.45, 7) is 8.56. The normalized spacial score (nSPS) is 18.6. The summed E-state index contributed by atoms with van der Waals surface area (Å²) in [7, 11) is 0. The molecule has 0 aromatic carbocycles. The topological polar surface area (TPSA) is 92.7 Å². The molecule has 106 valence electrons. The van der Waals surface area contributed by atoms with Gasteiger partial charge >= 0.3 is 0 Å². The molecule has 1 rings (SSSR count). The molecule has 1 saturated heterocycles. The van der Waals surface area contributed by atoms with E-state index in [0.717, 1.165) is 26.1 Å². The summed E-state index contributed by atoms with van der Waals surface area (Å²) in [5, 5.41) is 11.3. The quantitative estimate of drug-likeness (QED) is 0.386. The Morgan fingerprint density at radius 3 is 2.63 bits per heavy atom. The van der Waals surface area contributed by atoms with E-state index in [4.69, 9.17) is 16.0 Å². The first-order valence-corrected chi connectivity index (χ1v) is 6.24. The summed E-state index contributed by atoms with van der Waals surface area (Å²) >= 11 is 0. The largest absolute Gasteiger partial charge is 0.416 e. The summed E-state index contributed by atoms with van der Waals surface area (Å²) in [5.74, 6) is 6.13. The first kappa shape index (κ1) is 15.4. The van der Waals surface area contributed by atoms with Crippen molar-refractivity contribution in [3.05, 3.63) is 23.2 Å². The second-order valence-corrected chi connectivity index (χ2v) is 4.45. The van der Waals surface area contributed by atoms with E-state index in [9.17, 15) is 0 Å². The second kappa shape index (κ2) is 7.70. The van der Waals surface area contributed by atoms with Gasteiger partial charge in [-0.05, 0) is 33.4 Å². The number of rotatable bonds is 6. The molecule has 0 saturated carbocycles. The van der Waals surface area contributed by atoms with Gasteiger partial charge in [0.05, 0.1) is 5.71 Å². The van der Waals surface area contributed by atoms with Gasteiger partial charge < -0.3 is 20.3 Å². The molecule has 19 heavy (non-hydrogen) atoms. The first-order chi connectivity index (χ1) is 9.08. The van der Waals surface area contributed by atoms with Crippen LogP contribution in [-0.2, 0) is 9.57 Å². The Bertz CT molecular complexity index is 395. The minimum absolute atomic E-state index is 0.296. The van der Waals surface area contributed by atoms with Crippen molar-refractivity contribution in [2.24, 2.45) is 10.9 Å². The van der Waals surface area contributed by atoms with Crippen molar-refractivity contribution < 1.29 is 9.57 Å². The maximum atomic E-state index is 7.96. The fourth-order valence-electron chi connectivity index (χ4n) is 1.78. The Morgan fingerprint density at radius 1 is 1.47 bits per heavy atom. The van der Waals surface area contributed by atoms with Gasteiger partial charge in [-0.2, -0.15) is 5.90 Å². The van der Waals surface area contributed by atoms with Crippen LogP contribution in [-0.4, -0.2) is 31.7 Å². The average molecular weight is 266 g/mol. The molecule has 6 heteroatoms. The molecule has 0 amide bonds. The Balaban J connectivity index is 2.76. The summed E-state index contributed by atoms with van der Waals surface area (Å²) < 4.78 is 5.31. The molecular formula is C13H22N4O2. The standard InChI is InChI=1S/C13H22N4O2/c1-9(19-15)8-12(14)10(2)13(16-3)17-11-4-6-18-7-5-11/h8,11,14,17H,3-7,15H2,1-2H3/b9-8+,13-10+,14-12?. The average Bonchev–Trinajstić information content (AvgIpc) is 2.44. The minimum Gasteiger partial charge on any atom is -0.416 e. The highest BCUT2D eigenvalue weighted by Crippen LogP contribution is 2.12. The molecule has 0 unspecified atom stereocenters. The van der Waals surface area contributed by atoms with E-state index in [-0.39, 0.29) is 0 Å². The fraction of sp³-hybridized carbons (Fsp3) is 0.538. The van der Waals surface area contributed by atoms with Gasteiger partial charge in [0.1, 0.15) is 11.6 Å². The second-order valence-electron chi connectivity index (χ2n) is 4.45. The molecular weight excluding hydrogens is 244 g/mol. The van der Waals surface area contributed by atoms with Crippen LogP contribution in [0.15, 0.2) is 28.2 Å². The maximum Gasteiger partial charge on any atom is 0.130 e. The number of nitrogens with two attached hydrogens (primary N) is 1. The third-order valence-corrected chi connectivity index (χ3v) is 3.01. The minimum atomic E-state index is 0.296. The number of hydrogen-bond acceptors (Lipinski definition) is 6. The molecule has 0 bridgehead atoms. The molecule has 1 aliphatic rings. The van der Waals surface area contributed by atoms with E-state index < -0.39 is 0 Å². The van der Waals surface area contributed by atoms with Crippen molar-refractivity contribution in [2.75, 3.05) is 13.2 Å². The monoisotopic (exact) mass is 266 g/mol. The van der Waals surface area contributed by atoms with Crippen LogP contribution in [0.3, 0.4) is 0 Å². The molecule has 0 aliphatic carbocycles. The SMILES string of the molecule is C=N/C(NC1CCOCC1)=C(/C)C(=N)/C=C(\C)ON. The van der Waals surface area contributed by atoms with Gasteiger partial charge in [-0.1, -0.05) is 0 Å². The molecule has 0 spiro atoms. The Hall–Kier alpha value is -1.66. The Labute approximate surface area is 113 Å².